The van der Waals surface area contributed by atoms with E-state index in [2.05, 4.69) is 11.1 Å². The zero-order chi connectivity index (χ0) is 14.8. The standard InChI is InChI=1S/C17H18ClNO2/c1-21-16-9-13(15-7-11(10-20)5-6-19-15)8-14(17(16)18)12-3-2-4-12/h5-9,12,20H,2-4,10H2,1H3. The highest BCUT2D eigenvalue weighted by atomic mass is 35.5. The minimum Gasteiger partial charge on any atom is -0.495 e. The number of pyridine rings is 1. The number of aliphatic hydroxyl groups excluding tert-OH is 1. The molecule has 21 heavy (non-hydrogen) atoms. The topological polar surface area (TPSA) is 42.4 Å². The minimum absolute atomic E-state index is 0.00965. The van der Waals surface area contributed by atoms with Gasteiger partial charge in [0.2, 0.25) is 0 Å². The molecule has 0 spiro atoms. The summed E-state index contributed by atoms with van der Waals surface area (Å²) in [6.07, 6.45) is 5.32. The molecule has 0 radical (unpaired) electrons. The van der Waals surface area contributed by atoms with Gasteiger partial charge in [0.25, 0.3) is 0 Å². The lowest BCUT2D eigenvalue weighted by Gasteiger charge is -2.27. The third kappa shape index (κ3) is 2.76. The lowest BCUT2D eigenvalue weighted by atomic mass is 9.79. The Hall–Kier alpha value is -1.58. The number of hydrogen-bond donors (Lipinski definition) is 1. The van der Waals surface area contributed by atoms with Crippen molar-refractivity contribution in [2.75, 3.05) is 7.11 Å². The van der Waals surface area contributed by atoms with Crippen LogP contribution in [0.4, 0.5) is 0 Å². The van der Waals surface area contributed by atoms with E-state index >= 15 is 0 Å². The largest absolute Gasteiger partial charge is 0.495 e. The Bertz CT molecular complexity index is 653. The van der Waals surface area contributed by atoms with Gasteiger partial charge in [-0.2, -0.15) is 0 Å². The van der Waals surface area contributed by atoms with Gasteiger partial charge >= 0.3 is 0 Å². The van der Waals surface area contributed by atoms with Gasteiger partial charge in [0.1, 0.15) is 5.75 Å². The number of methoxy groups -OCH3 is 1. The maximum absolute atomic E-state index is 9.27. The Morgan fingerprint density at radius 1 is 1.33 bits per heavy atom. The van der Waals surface area contributed by atoms with Crippen molar-refractivity contribution in [3.63, 3.8) is 0 Å². The van der Waals surface area contributed by atoms with Crippen LogP contribution in [0.3, 0.4) is 0 Å². The van der Waals surface area contributed by atoms with Crippen molar-refractivity contribution in [3.8, 4) is 17.0 Å². The molecule has 1 fully saturated rings. The van der Waals surface area contributed by atoms with E-state index in [1.165, 1.54) is 19.3 Å². The van der Waals surface area contributed by atoms with Gasteiger partial charge in [-0.3, -0.25) is 4.98 Å². The summed E-state index contributed by atoms with van der Waals surface area (Å²) in [7, 11) is 1.63. The zero-order valence-corrected chi connectivity index (χ0v) is 12.7. The zero-order valence-electron chi connectivity index (χ0n) is 12.0. The van der Waals surface area contributed by atoms with Crippen LogP contribution in [0, 0.1) is 0 Å². The van der Waals surface area contributed by atoms with E-state index in [9.17, 15) is 5.11 Å². The molecular weight excluding hydrogens is 286 g/mol. The van der Waals surface area contributed by atoms with Gasteiger partial charge in [0, 0.05) is 11.8 Å². The second-order valence-electron chi connectivity index (χ2n) is 5.42. The van der Waals surface area contributed by atoms with E-state index in [-0.39, 0.29) is 6.61 Å². The molecule has 0 amide bonds. The molecule has 1 aliphatic rings. The van der Waals surface area contributed by atoms with E-state index in [1.54, 1.807) is 13.3 Å². The molecule has 1 N–H and O–H groups in total. The van der Waals surface area contributed by atoms with Crippen LogP contribution in [0.5, 0.6) is 5.75 Å². The number of hydrogen-bond acceptors (Lipinski definition) is 3. The number of ether oxygens (including phenoxy) is 1. The van der Waals surface area contributed by atoms with Crippen LogP contribution in [0.1, 0.15) is 36.3 Å². The summed E-state index contributed by atoms with van der Waals surface area (Å²) in [6.45, 7) is 0.00965. The number of aliphatic hydroxyl groups is 1. The molecule has 0 aliphatic heterocycles. The third-order valence-corrected chi connectivity index (χ3v) is 4.54. The number of nitrogens with zero attached hydrogens (tertiary/aromatic N) is 1. The van der Waals surface area contributed by atoms with E-state index in [0.717, 1.165) is 22.4 Å². The minimum atomic E-state index is 0.00965. The van der Waals surface area contributed by atoms with Crippen molar-refractivity contribution in [2.24, 2.45) is 0 Å². The van der Waals surface area contributed by atoms with E-state index < -0.39 is 0 Å². The van der Waals surface area contributed by atoms with Gasteiger partial charge in [-0.1, -0.05) is 18.0 Å². The summed E-state index contributed by atoms with van der Waals surface area (Å²) in [5.41, 5.74) is 3.80. The first-order valence-electron chi connectivity index (χ1n) is 7.16. The third-order valence-electron chi connectivity index (χ3n) is 4.13. The lowest BCUT2D eigenvalue weighted by Crippen LogP contribution is -2.10. The Morgan fingerprint density at radius 3 is 2.76 bits per heavy atom. The van der Waals surface area contributed by atoms with Gasteiger partial charge in [0.15, 0.2) is 0 Å². The molecule has 0 bridgehead atoms. The van der Waals surface area contributed by atoms with E-state index in [1.807, 2.05) is 18.2 Å². The molecule has 3 nitrogen and oxygen atoms in total. The molecule has 1 heterocycles. The molecular formula is C17H18ClNO2. The fraction of sp³-hybridized carbons (Fsp3) is 0.353. The van der Waals surface area contributed by atoms with Gasteiger partial charge in [-0.25, -0.2) is 0 Å². The summed E-state index contributed by atoms with van der Waals surface area (Å²) in [6, 6.07) is 7.73. The Labute approximate surface area is 129 Å². The first kappa shape index (κ1) is 14.4. The fourth-order valence-electron chi connectivity index (χ4n) is 2.66. The predicted octanol–water partition coefficient (Wildman–Crippen LogP) is 4.17. The lowest BCUT2D eigenvalue weighted by molar-refractivity contribution is 0.282. The van der Waals surface area contributed by atoms with Gasteiger partial charge in [-0.15, -0.1) is 0 Å². The van der Waals surface area contributed by atoms with Crippen LogP contribution in [-0.2, 0) is 6.61 Å². The molecule has 4 heteroatoms. The van der Waals surface area contributed by atoms with Crippen molar-refractivity contribution in [1.29, 1.82) is 0 Å². The molecule has 1 aliphatic carbocycles. The van der Waals surface area contributed by atoms with Crippen LogP contribution in [0.25, 0.3) is 11.3 Å². The maximum atomic E-state index is 9.27. The summed E-state index contributed by atoms with van der Waals surface area (Å²) >= 11 is 6.45. The Kier molecular flexibility index (Phi) is 4.13. The summed E-state index contributed by atoms with van der Waals surface area (Å²) in [5.74, 6) is 1.21. The van der Waals surface area contributed by atoms with Crippen LogP contribution in [0.15, 0.2) is 30.5 Å². The van der Waals surface area contributed by atoms with Crippen molar-refractivity contribution in [2.45, 2.75) is 31.8 Å². The van der Waals surface area contributed by atoms with Crippen molar-refractivity contribution in [3.05, 3.63) is 46.6 Å². The molecule has 0 saturated heterocycles. The summed E-state index contributed by atoms with van der Waals surface area (Å²) < 4.78 is 5.41. The molecule has 0 unspecified atom stereocenters. The monoisotopic (exact) mass is 303 g/mol. The highest BCUT2D eigenvalue weighted by Crippen LogP contribution is 2.44. The fourth-order valence-corrected chi connectivity index (χ4v) is 3.00. The number of benzene rings is 1. The van der Waals surface area contributed by atoms with Crippen molar-refractivity contribution < 1.29 is 9.84 Å². The summed E-state index contributed by atoms with van der Waals surface area (Å²) in [4.78, 5) is 4.40. The molecule has 1 aromatic heterocycles. The van der Waals surface area contributed by atoms with E-state index in [0.29, 0.717) is 16.7 Å². The highest BCUT2D eigenvalue weighted by Gasteiger charge is 2.24. The first-order valence-corrected chi connectivity index (χ1v) is 7.54. The average Bonchev–Trinajstić information content (AvgIpc) is 2.47. The number of aromatic nitrogens is 1. The van der Waals surface area contributed by atoms with Crippen molar-refractivity contribution >= 4 is 11.6 Å². The van der Waals surface area contributed by atoms with Crippen LogP contribution in [0.2, 0.25) is 5.02 Å². The number of rotatable bonds is 4. The Morgan fingerprint density at radius 2 is 2.14 bits per heavy atom. The average molecular weight is 304 g/mol. The summed E-state index contributed by atoms with van der Waals surface area (Å²) in [5, 5.41) is 9.98. The van der Waals surface area contributed by atoms with Crippen LogP contribution in [-0.4, -0.2) is 17.2 Å². The highest BCUT2D eigenvalue weighted by molar-refractivity contribution is 6.33. The molecule has 3 rings (SSSR count). The quantitative estimate of drug-likeness (QED) is 0.921. The Balaban J connectivity index is 2.08. The smallest absolute Gasteiger partial charge is 0.138 e. The van der Waals surface area contributed by atoms with Gasteiger partial charge < -0.3 is 9.84 Å². The molecule has 0 atom stereocenters. The molecule has 2 aromatic rings. The second-order valence-corrected chi connectivity index (χ2v) is 5.79. The normalized spacial score (nSPS) is 14.8. The van der Waals surface area contributed by atoms with Gasteiger partial charge in [0.05, 0.1) is 24.4 Å². The number of halogens is 1. The van der Waals surface area contributed by atoms with Crippen LogP contribution < -0.4 is 4.74 Å². The van der Waals surface area contributed by atoms with Gasteiger partial charge in [-0.05, 0) is 54.2 Å². The molecule has 110 valence electrons. The van der Waals surface area contributed by atoms with Crippen molar-refractivity contribution in [1.82, 2.24) is 4.98 Å². The second kappa shape index (κ2) is 6.04. The van der Waals surface area contributed by atoms with Crippen LogP contribution >= 0.6 is 11.6 Å². The maximum Gasteiger partial charge on any atom is 0.138 e. The molecule has 1 aromatic carbocycles. The molecule has 1 saturated carbocycles. The first-order chi connectivity index (χ1) is 10.2. The van der Waals surface area contributed by atoms with E-state index in [4.69, 9.17) is 16.3 Å². The predicted molar refractivity (Wildman–Crippen MR) is 83.7 cm³/mol. The SMILES string of the molecule is COc1cc(-c2cc(CO)ccn2)cc(C2CCC2)c1Cl.